The molecule has 0 radical (unpaired) electrons. The molecule has 292 valence electrons. The minimum absolute atomic E-state index is 0.00413. The lowest BCUT2D eigenvalue weighted by atomic mass is 9.89. The molecular weight excluding hydrogens is 735 g/mol. The lowest BCUT2D eigenvalue weighted by Crippen LogP contribution is -2.39. The van der Waals surface area contributed by atoms with Gasteiger partial charge in [0.1, 0.15) is 11.4 Å². The van der Waals surface area contributed by atoms with Gasteiger partial charge < -0.3 is 19.5 Å². The fraction of sp³-hybridized carbons (Fsp3) is 0.318. The number of rotatable bonds is 6. The molecule has 0 saturated carbocycles. The van der Waals surface area contributed by atoms with Gasteiger partial charge in [0, 0.05) is 68.2 Å². The van der Waals surface area contributed by atoms with Crippen LogP contribution in [0.4, 0.5) is 11.4 Å². The second-order valence-electron chi connectivity index (χ2n) is 15.1. The van der Waals surface area contributed by atoms with E-state index in [0.29, 0.717) is 35.0 Å². The fourth-order valence-corrected chi connectivity index (χ4v) is 8.34. The third-order valence-corrected chi connectivity index (χ3v) is 11.4. The number of benzene rings is 1. The molecule has 14 heteroatoms. The van der Waals surface area contributed by atoms with Crippen molar-refractivity contribution in [2.24, 2.45) is 7.05 Å². The van der Waals surface area contributed by atoms with Crippen LogP contribution in [0.3, 0.4) is 0 Å². The van der Waals surface area contributed by atoms with Crippen molar-refractivity contribution in [2.75, 3.05) is 31.2 Å². The van der Waals surface area contributed by atoms with Gasteiger partial charge in [0.15, 0.2) is 5.82 Å². The van der Waals surface area contributed by atoms with Crippen LogP contribution >= 0.6 is 0 Å². The van der Waals surface area contributed by atoms with Crippen LogP contribution in [0.5, 0.6) is 0 Å². The number of imide groups is 1. The molecule has 0 spiro atoms. The van der Waals surface area contributed by atoms with E-state index >= 15 is 0 Å². The van der Waals surface area contributed by atoms with Gasteiger partial charge in [-0.25, -0.2) is 14.5 Å². The van der Waals surface area contributed by atoms with Gasteiger partial charge in [-0.15, -0.1) is 0 Å². The van der Waals surface area contributed by atoms with E-state index < -0.39 is 5.92 Å². The molecule has 3 aliphatic heterocycles. The molecule has 2 N–H and O–H groups in total. The molecule has 3 aliphatic rings. The van der Waals surface area contributed by atoms with E-state index in [1.165, 1.54) is 5.56 Å². The molecule has 3 amide bonds. The average Bonchev–Trinajstić information content (AvgIpc) is 3.68. The molecule has 1 aromatic carbocycles. The van der Waals surface area contributed by atoms with Gasteiger partial charge in [-0.3, -0.25) is 29.5 Å². The number of nitrogens with one attached hydrogen (secondary N) is 2. The van der Waals surface area contributed by atoms with E-state index in [1.807, 2.05) is 38.4 Å². The summed E-state index contributed by atoms with van der Waals surface area (Å²) in [7, 11) is 1.85. The first-order valence-electron chi connectivity index (χ1n) is 19.6. The number of hydrogen-bond acceptors (Lipinski definition) is 10. The van der Waals surface area contributed by atoms with E-state index in [2.05, 4.69) is 49.6 Å². The zero-order chi connectivity index (χ0) is 39.9. The molecule has 6 aromatic rings. The number of carbonyl (C=O) groups is 3. The molecule has 2 fully saturated rings. The number of piperidine rings is 1. The summed E-state index contributed by atoms with van der Waals surface area (Å²) >= 11 is 0. The Balaban J connectivity index is 0.901. The summed E-state index contributed by atoms with van der Waals surface area (Å²) in [6, 6.07) is 15.4. The Hall–Kier alpha value is -6.72. The summed E-state index contributed by atoms with van der Waals surface area (Å²) in [5, 5.41) is 10.7. The zero-order valence-electron chi connectivity index (χ0n) is 32.2. The monoisotopic (exact) mass is 775 g/mol. The predicted molar refractivity (Wildman–Crippen MR) is 217 cm³/mol. The number of aromatic nitrogens is 6. The standard InChI is InChI=1S/C44H41N9O5/c1-26-20-33-36(51(2)44(26)57)21-29(27-13-18-58-19-14-27)22-37(33)52-16-5-8-34-39(52)25-47-41(48-34)28-9-11-35(46-24-28)43(56)45-15-3-6-30-23-38-31(7-4-17-53(38)50-30)32-10-12-40(54)49-42(32)55/h4,7,9,11,17,20-25,27,32H,5,8,10,12-16,18-19H2,1-2H3,(H,45,56)(H,49,54,55). The Morgan fingerprint density at radius 1 is 0.983 bits per heavy atom. The average molecular weight is 776 g/mol. The van der Waals surface area contributed by atoms with Crippen molar-refractivity contribution in [1.29, 1.82) is 0 Å². The number of pyridine rings is 3. The van der Waals surface area contributed by atoms with Crippen molar-refractivity contribution in [3.63, 3.8) is 0 Å². The molecule has 0 bridgehead atoms. The van der Waals surface area contributed by atoms with E-state index in [4.69, 9.17) is 14.7 Å². The predicted octanol–water partition coefficient (Wildman–Crippen LogP) is 4.63. The molecule has 9 rings (SSSR count). The first kappa shape index (κ1) is 36.9. The molecule has 5 aromatic heterocycles. The maximum absolute atomic E-state index is 13.0. The highest BCUT2D eigenvalue weighted by Crippen LogP contribution is 2.40. The summed E-state index contributed by atoms with van der Waals surface area (Å²) in [4.78, 5) is 66.6. The minimum atomic E-state index is -0.443. The quantitative estimate of drug-likeness (QED) is 0.180. The van der Waals surface area contributed by atoms with Gasteiger partial charge in [0.2, 0.25) is 11.8 Å². The highest BCUT2D eigenvalue weighted by Gasteiger charge is 2.30. The van der Waals surface area contributed by atoms with E-state index in [9.17, 15) is 19.2 Å². The summed E-state index contributed by atoms with van der Waals surface area (Å²) < 4.78 is 9.09. The maximum Gasteiger partial charge on any atom is 0.270 e. The molecule has 8 heterocycles. The van der Waals surface area contributed by atoms with Crippen LogP contribution in [0, 0.1) is 18.8 Å². The van der Waals surface area contributed by atoms with Gasteiger partial charge in [0.25, 0.3) is 11.5 Å². The number of nitrogens with zero attached hydrogens (tertiary/aromatic N) is 7. The maximum atomic E-state index is 13.0. The van der Waals surface area contributed by atoms with Gasteiger partial charge in [-0.2, -0.15) is 5.10 Å². The molecule has 1 atom stereocenters. The van der Waals surface area contributed by atoms with Crippen LogP contribution in [-0.4, -0.2) is 73.2 Å². The number of carbonyl (C=O) groups excluding carboxylic acids is 3. The second-order valence-corrected chi connectivity index (χ2v) is 15.1. The van der Waals surface area contributed by atoms with Crippen molar-refractivity contribution in [2.45, 2.75) is 57.3 Å². The van der Waals surface area contributed by atoms with Crippen LogP contribution in [0.15, 0.2) is 71.9 Å². The fourth-order valence-electron chi connectivity index (χ4n) is 8.34. The number of amides is 3. The first-order valence-corrected chi connectivity index (χ1v) is 19.6. The summed E-state index contributed by atoms with van der Waals surface area (Å²) in [6.07, 6.45) is 9.55. The number of fused-ring (bicyclic) bond motifs is 3. The number of anilines is 2. The topological polar surface area (TPSA) is 166 Å². The van der Waals surface area contributed by atoms with Crippen LogP contribution in [0.25, 0.3) is 27.8 Å². The third-order valence-electron chi connectivity index (χ3n) is 11.4. The largest absolute Gasteiger partial charge is 0.381 e. The third kappa shape index (κ3) is 6.98. The van der Waals surface area contributed by atoms with E-state index in [1.54, 1.807) is 39.7 Å². The lowest BCUT2D eigenvalue weighted by molar-refractivity contribution is -0.134. The SMILES string of the molecule is Cc1cc2c(N3CCCc4nc(-c5ccc(C(=O)NCC#Cc6cc7c(C8CCC(=O)NC8=O)cccn7n6)nc5)ncc43)cc(C3CCOCC3)cc2n(C)c1=O. The lowest BCUT2D eigenvalue weighted by Gasteiger charge is -2.33. The Kier molecular flexibility index (Phi) is 9.74. The van der Waals surface area contributed by atoms with Crippen LogP contribution < -0.4 is 21.1 Å². The normalized spacial score (nSPS) is 17.1. The zero-order valence-corrected chi connectivity index (χ0v) is 32.2. The van der Waals surface area contributed by atoms with Crippen molar-refractivity contribution in [3.05, 3.63) is 111 Å². The highest BCUT2D eigenvalue weighted by molar-refractivity contribution is 6.01. The van der Waals surface area contributed by atoms with Crippen molar-refractivity contribution in [3.8, 4) is 23.2 Å². The first-order chi connectivity index (χ1) is 28.2. The van der Waals surface area contributed by atoms with Crippen molar-refractivity contribution >= 4 is 45.5 Å². The van der Waals surface area contributed by atoms with Gasteiger partial charge in [0.05, 0.1) is 46.8 Å². The number of ether oxygens (including phenoxy) is 1. The number of aryl methyl sites for hydroxylation is 3. The van der Waals surface area contributed by atoms with Crippen LogP contribution in [0.2, 0.25) is 0 Å². The summed E-state index contributed by atoms with van der Waals surface area (Å²) in [5.41, 5.74) is 8.68. The highest BCUT2D eigenvalue weighted by atomic mass is 16.5. The summed E-state index contributed by atoms with van der Waals surface area (Å²) in [6.45, 7) is 4.19. The van der Waals surface area contributed by atoms with E-state index in [0.717, 1.165) is 84.5 Å². The molecular formula is C44H41N9O5. The molecule has 1 unspecified atom stereocenters. The van der Waals surface area contributed by atoms with E-state index in [-0.39, 0.29) is 41.9 Å². The van der Waals surface area contributed by atoms with Crippen LogP contribution in [-0.2, 0) is 27.8 Å². The molecule has 58 heavy (non-hydrogen) atoms. The smallest absolute Gasteiger partial charge is 0.270 e. The Bertz CT molecular complexity index is 2760. The van der Waals surface area contributed by atoms with Gasteiger partial charge in [-0.1, -0.05) is 12.0 Å². The minimum Gasteiger partial charge on any atom is -0.381 e. The summed E-state index contributed by atoms with van der Waals surface area (Å²) in [5.74, 6) is 5.41. The van der Waals surface area contributed by atoms with Crippen LogP contribution in [0.1, 0.15) is 82.5 Å². The molecule has 2 saturated heterocycles. The second kappa shape index (κ2) is 15.3. The van der Waals surface area contributed by atoms with Crippen molar-refractivity contribution in [1.82, 2.24) is 39.8 Å². The molecule has 14 nitrogen and oxygen atoms in total. The Labute approximate surface area is 333 Å². The van der Waals surface area contributed by atoms with Gasteiger partial charge >= 0.3 is 0 Å². The Morgan fingerprint density at radius 3 is 2.66 bits per heavy atom. The Morgan fingerprint density at radius 2 is 1.84 bits per heavy atom. The number of hydrogen-bond donors (Lipinski definition) is 2. The van der Waals surface area contributed by atoms with Gasteiger partial charge in [-0.05, 0) is 98.4 Å². The molecule has 0 aliphatic carbocycles. The van der Waals surface area contributed by atoms with Crippen molar-refractivity contribution < 1.29 is 19.1 Å².